The van der Waals surface area contributed by atoms with Gasteiger partial charge < -0.3 is 9.47 Å². The fourth-order valence-electron chi connectivity index (χ4n) is 5.54. The summed E-state index contributed by atoms with van der Waals surface area (Å²) in [5.41, 5.74) is -1.09. The standard InChI is InChI=1S/C35H37FN6O5S/c1-22(2)18-29(43)35(4,5)41-31(44)30-23(3)32(42-38-15-16-39-42)48-33(30)40(34(41)45)20-28(46-17-9-14-37)26-19-25(36)12-13-27(26)47-21-24-10-7-6-8-11-24/h6-8,10-13,15-16,19,22,28H,9,17-18,20-21H2,1-5H3/t28-/m0/s1. The summed E-state index contributed by atoms with van der Waals surface area (Å²) < 4.78 is 29.6. The fourth-order valence-corrected chi connectivity index (χ4v) is 6.76. The lowest BCUT2D eigenvalue weighted by Crippen LogP contribution is -2.53. The number of ketones is 1. The lowest BCUT2D eigenvalue weighted by atomic mass is 9.91. The number of ether oxygens (including phenoxy) is 2. The van der Waals surface area contributed by atoms with Crippen LogP contribution in [0.5, 0.6) is 5.75 Å². The van der Waals surface area contributed by atoms with Crippen molar-refractivity contribution in [2.75, 3.05) is 6.61 Å². The van der Waals surface area contributed by atoms with Gasteiger partial charge in [0.15, 0.2) is 5.78 Å². The third kappa shape index (κ3) is 7.00. The van der Waals surface area contributed by atoms with E-state index in [0.29, 0.717) is 26.7 Å². The highest BCUT2D eigenvalue weighted by Crippen LogP contribution is 2.35. The maximum absolute atomic E-state index is 14.9. The predicted octanol–water partition coefficient (Wildman–Crippen LogP) is 5.85. The molecule has 0 aliphatic rings. The molecule has 0 spiro atoms. The molecule has 0 amide bonds. The molecular formula is C35H37FN6O5S. The Labute approximate surface area is 280 Å². The Balaban J connectivity index is 1.71. The maximum Gasteiger partial charge on any atom is 0.333 e. The first-order valence-corrected chi connectivity index (χ1v) is 16.4. The van der Waals surface area contributed by atoms with Crippen LogP contribution in [0.3, 0.4) is 0 Å². The number of aromatic nitrogens is 5. The average Bonchev–Trinajstić information content (AvgIpc) is 3.70. The summed E-state index contributed by atoms with van der Waals surface area (Å²) in [6.07, 6.45) is 2.22. The van der Waals surface area contributed by atoms with E-state index in [1.807, 2.05) is 50.2 Å². The van der Waals surface area contributed by atoms with Crippen molar-refractivity contribution in [3.05, 3.63) is 104 Å². The van der Waals surface area contributed by atoms with Gasteiger partial charge in [0.1, 0.15) is 39.6 Å². The number of hydrogen-bond acceptors (Lipinski definition) is 9. The number of fused-ring (bicyclic) bond motifs is 1. The molecule has 0 radical (unpaired) electrons. The number of benzene rings is 2. The van der Waals surface area contributed by atoms with Crippen LogP contribution >= 0.6 is 11.3 Å². The Morgan fingerprint density at radius 1 is 1.10 bits per heavy atom. The van der Waals surface area contributed by atoms with Gasteiger partial charge in [-0.2, -0.15) is 15.5 Å². The second kappa shape index (κ2) is 14.5. The monoisotopic (exact) mass is 672 g/mol. The summed E-state index contributed by atoms with van der Waals surface area (Å²) in [5, 5.41) is 18.5. The van der Waals surface area contributed by atoms with Crippen LogP contribution in [0.25, 0.3) is 15.2 Å². The van der Waals surface area contributed by atoms with Crippen molar-refractivity contribution in [1.82, 2.24) is 24.1 Å². The number of aryl methyl sites for hydroxylation is 1. The lowest BCUT2D eigenvalue weighted by molar-refractivity contribution is -0.127. The fraction of sp³-hybridized carbons (Fsp3) is 0.371. The quantitative estimate of drug-likeness (QED) is 0.134. The van der Waals surface area contributed by atoms with E-state index in [1.54, 1.807) is 20.8 Å². The summed E-state index contributed by atoms with van der Waals surface area (Å²) in [6.45, 7) is 8.65. The van der Waals surface area contributed by atoms with Crippen LogP contribution in [0.1, 0.15) is 63.3 Å². The Hall–Kier alpha value is -4.93. The highest BCUT2D eigenvalue weighted by atomic mass is 32.1. The first kappa shape index (κ1) is 34.4. The van der Waals surface area contributed by atoms with Gasteiger partial charge in [0.05, 0.1) is 43.4 Å². The van der Waals surface area contributed by atoms with Crippen LogP contribution in [0.2, 0.25) is 0 Å². The van der Waals surface area contributed by atoms with Crippen LogP contribution < -0.4 is 16.0 Å². The van der Waals surface area contributed by atoms with Crippen molar-refractivity contribution < 1.29 is 18.7 Å². The van der Waals surface area contributed by atoms with E-state index in [1.165, 1.54) is 40.0 Å². The molecule has 5 aromatic rings. The molecule has 3 aromatic heterocycles. The van der Waals surface area contributed by atoms with Gasteiger partial charge in [-0.3, -0.25) is 14.2 Å². The Bertz CT molecular complexity index is 2080. The van der Waals surface area contributed by atoms with Crippen molar-refractivity contribution in [1.29, 1.82) is 5.26 Å². The number of rotatable bonds is 14. The molecule has 0 N–H and O–H groups in total. The minimum Gasteiger partial charge on any atom is -0.489 e. The van der Waals surface area contributed by atoms with Gasteiger partial charge in [-0.05, 0) is 50.5 Å². The van der Waals surface area contributed by atoms with Crippen molar-refractivity contribution in [2.24, 2.45) is 5.92 Å². The van der Waals surface area contributed by atoms with Crippen LogP contribution in [0, 0.1) is 30.0 Å². The number of hydrogen-bond donors (Lipinski definition) is 0. The first-order chi connectivity index (χ1) is 22.9. The highest BCUT2D eigenvalue weighted by Gasteiger charge is 2.36. The molecule has 250 valence electrons. The van der Waals surface area contributed by atoms with Gasteiger partial charge in [-0.1, -0.05) is 55.5 Å². The van der Waals surface area contributed by atoms with Gasteiger partial charge in [0, 0.05) is 17.5 Å². The van der Waals surface area contributed by atoms with Crippen LogP contribution in [-0.2, 0) is 28.2 Å². The third-order valence-corrected chi connectivity index (χ3v) is 9.34. The van der Waals surface area contributed by atoms with E-state index in [0.717, 1.165) is 21.5 Å². The largest absolute Gasteiger partial charge is 0.489 e. The molecule has 0 aliphatic heterocycles. The minimum atomic E-state index is -1.49. The number of carbonyl (C=O) groups is 1. The van der Waals surface area contributed by atoms with Crippen LogP contribution in [0.15, 0.2) is 70.5 Å². The molecule has 0 aliphatic carbocycles. The molecule has 48 heavy (non-hydrogen) atoms. The molecule has 0 saturated heterocycles. The average molecular weight is 673 g/mol. The molecule has 1 atom stereocenters. The Morgan fingerprint density at radius 3 is 2.48 bits per heavy atom. The van der Waals surface area contributed by atoms with Gasteiger partial charge in [0.25, 0.3) is 5.56 Å². The second-order valence-electron chi connectivity index (χ2n) is 12.4. The molecule has 13 heteroatoms. The van der Waals surface area contributed by atoms with Gasteiger partial charge in [-0.15, -0.1) is 4.80 Å². The lowest BCUT2D eigenvalue weighted by Gasteiger charge is -2.28. The summed E-state index contributed by atoms with van der Waals surface area (Å²) in [4.78, 5) is 44.0. The predicted molar refractivity (Wildman–Crippen MR) is 180 cm³/mol. The third-order valence-electron chi connectivity index (χ3n) is 8.06. The number of thiophene rings is 1. The van der Waals surface area contributed by atoms with Crippen molar-refractivity contribution in [2.45, 2.75) is 72.3 Å². The summed E-state index contributed by atoms with van der Waals surface area (Å²) in [6, 6.07) is 15.6. The molecule has 0 unspecified atom stereocenters. The number of nitriles is 1. The van der Waals surface area contributed by atoms with E-state index in [9.17, 15) is 24.0 Å². The molecule has 0 bridgehead atoms. The van der Waals surface area contributed by atoms with E-state index in [2.05, 4.69) is 10.2 Å². The first-order valence-electron chi connectivity index (χ1n) is 15.6. The minimum absolute atomic E-state index is 0.000918. The number of halogens is 1. The Morgan fingerprint density at radius 2 is 1.81 bits per heavy atom. The summed E-state index contributed by atoms with van der Waals surface area (Å²) >= 11 is 1.14. The normalized spacial score (nSPS) is 12.4. The number of carbonyl (C=O) groups excluding carboxylic acids is 1. The van der Waals surface area contributed by atoms with Crippen molar-refractivity contribution in [3.63, 3.8) is 0 Å². The second-order valence-corrected chi connectivity index (χ2v) is 13.3. The highest BCUT2D eigenvalue weighted by molar-refractivity contribution is 7.21. The SMILES string of the molecule is Cc1c(-n2nccn2)sc2c1c(=O)n(C(C)(C)C(=O)CC(C)C)c(=O)n2C[C@H](OCCC#N)c1cc(F)ccc1OCc1ccccc1. The van der Waals surface area contributed by atoms with Crippen LogP contribution in [-0.4, -0.2) is 36.5 Å². The number of nitrogens with zero attached hydrogens (tertiary/aromatic N) is 6. The van der Waals surface area contributed by atoms with Crippen molar-refractivity contribution in [3.8, 4) is 16.8 Å². The maximum atomic E-state index is 14.9. The van der Waals surface area contributed by atoms with Crippen molar-refractivity contribution >= 4 is 27.3 Å². The molecule has 5 rings (SSSR count). The van der Waals surface area contributed by atoms with E-state index in [4.69, 9.17) is 9.47 Å². The van der Waals surface area contributed by atoms with Gasteiger partial charge in [0.2, 0.25) is 0 Å². The zero-order chi connectivity index (χ0) is 34.6. The van der Waals surface area contributed by atoms with Gasteiger partial charge in [-0.25, -0.2) is 13.8 Å². The zero-order valence-electron chi connectivity index (χ0n) is 27.5. The zero-order valence-corrected chi connectivity index (χ0v) is 28.3. The smallest absolute Gasteiger partial charge is 0.333 e. The topological polar surface area (TPSA) is 134 Å². The van der Waals surface area contributed by atoms with Crippen LogP contribution in [0.4, 0.5) is 4.39 Å². The Kier molecular flexibility index (Phi) is 10.4. The van der Waals surface area contributed by atoms with Gasteiger partial charge >= 0.3 is 5.69 Å². The molecule has 0 saturated carbocycles. The van der Waals surface area contributed by atoms with E-state index in [-0.39, 0.29) is 49.7 Å². The molecule has 2 aromatic carbocycles. The molecule has 11 nitrogen and oxygen atoms in total. The molecular weight excluding hydrogens is 635 g/mol. The van der Waals surface area contributed by atoms with E-state index >= 15 is 0 Å². The summed E-state index contributed by atoms with van der Waals surface area (Å²) in [7, 11) is 0. The summed E-state index contributed by atoms with van der Waals surface area (Å²) in [5.74, 6) is -0.490. The number of Topliss-reactive ketones (excluding diaryl/α,β-unsaturated/α-hetero) is 1. The van der Waals surface area contributed by atoms with E-state index < -0.39 is 28.7 Å². The molecule has 0 fully saturated rings. The molecule has 3 heterocycles.